The van der Waals surface area contributed by atoms with E-state index in [0.717, 1.165) is 0 Å². The number of para-hydroxylation sites is 1. The summed E-state index contributed by atoms with van der Waals surface area (Å²) >= 11 is 0. The number of benzene rings is 2. The van der Waals surface area contributed by atoms with Crippen molar-refractivity contribution in [2.24, 2.45) is 0 Å². The summed E-state index contributed by atoms with van der Waals surface area (Å²) in [6, 6.07) is 9.71. The van der Waals surface area contributed by atoms with Crippen LogP contribution in [0.15, 0.2) is 42.5 Å². The summed E-state index contributed by atoms with van der Waals surface area (Å²) in [7, 11) is 0. The van der Waals surface area contributed by atoms with Crippen LogP contribution in [0.1, 0.15) is 15.9 Å². The molecule has 2 aromatic rings. The highest BCUT2D eigenvalue weighted by atomic mass is 19.3. The number of hydrogen-bond donors (Lipinski definition) is 1. The molecule has 0 saturated carbocycles. The molecule has 0 aliphatic carbocycles. The molecule has 0 unspecified atom stereocenters. The van der Waals surface area contributed by atoms with Crippen LogP contribution >= 0.6 is 0 Å². The molecule has 2 rings (SSSR count). The van der Waals surface area contributed by atoms with Crippen molar-refractivity contribution in [1.82, 2.24) is 0 Å². The topological polar surface area (TPSA) is 81.5 Å². The number of carbonyl (C=O) groups excluding carboxylic acids is 1. The van der Waals surface area contributed by atoms with Crippen molar-refractivity contribution >= 4 is 17.3 Å². The highest BCUT2D eigenvalue weighted by molar-refractivity contribution is 6.06. The van der Waals surface area contributed by atoms with Crippen LogP contribution in [0.4, 0.5) is 20.2 Å². The van der Waals surface area contributed by atoms with Gasteiger partial charge in [0.1, 0.15) is 5.75 Å². The number of carbonyl (C=O) groups is 1. The van der Waals surface area contributed by atoms with Crippen LogP contribution < -0.4 is 10.1 Å². The van der Waals surface area contributed by atoms with Gasteiger partial charge < -0.3 is 10.1 Å². The van der Waals surface area contributed by atoms with Crippen molar-refractivity contribution in [3.63, 3.8) is 0 Å². The molecule has 0 atom stereocenters. The third kappa shape index (κ3) is 3.79. The Morgan fingerprint density at radius 3 is 2.57 bits per heavy atom. The maximum Gasteiger partial charge on any atom is 0.387 e. The quantitative estimate of drug-likeness (QED) is 0.671. The van der Waals surface area contributed by atoms with Gasteiger partial charge in [-0.25, -0.2) is 0 Å². The fourth-order valence-corrected chi connectivity index (χ4v) is 2.00. The first kappa shape index (κ1) is 16.3. The van der Waals surface area contributed by atoms with Gasteiger partial charge in [-0.1, -0.05) is 18.2 Å². The third-order valence-corrected chi connectivity index (χ3v) is 3.10. The number of rotatable bonds is 5. The van der Waals surface area contributed by atoms with Gasteiger partial charge in [0.15, 0.2) is 0 Å². The Labute approximate surface area is 129 Å². The number of ether oxygens (including phenoxy) is 1. The van der Waals surface area contributed by atoms with E-state index in [-0.39, 0.29) is 28.3 Å². The minimum absolute atomic E-state index is 0.0984. The van der Waals surface area contributed by atoms with E-state index in [2.05, 4.69) is 10.1 Å². The van der Waals surface area contributed by atoms with E-state index < -0.39 is 17.4 Å². The van der Waals surface area contributed by atoms with E-state index in [0.29, 0.717) is 0 Å². The van der Waals surface area contributed by atoms with E-state index >= 15 is 0 Å². The highest BCUT2D eigenvalue weighted by Crippen LogP contribution is 2.27. The van der Waals surface area contributed by atoms with Crippen molar-refractivity contribution in [2.45, 2.75) is 13.5 Å². The Kier molecular flexibility index (Phi) is 4.85. The van der Waals surface area contributed by atoms with Gasteiger partial charge in [-0.2, -0.15) is 8.78 Å². The second-order valence-corrected chi connectivity index (χ2v) is 4.54. The number of nitro benzene ring substituents is 1. The lowest BCUT2D eigenvalue weighted by molar-refractivity contribution is -0.385. The number of nitrogens with zero attached hydrogens (tertiary/aromatic N) is 1. The summed E-state index contributed by atoms with van der Waals surface area (Å²) < 4.78 is 29.0. The van der Waals surface area contributed by atoms with Gasteiger partial charge in [0.2, 0.25) is 0 Å². The van der Waals surface area contributed by atoms with Crippen molar-refractivity contribution in [3.8, 4) is 5.75 Å². The maximum absolute atomic E-state index is 12.4. The lowest BCUT2D eigenvalue weighted by atomic mass is 10.1. The molecule has 0 aliphatic heterocycles. The molecule has 0 aliphatic rings. The molecule has 0 saturated heterocycles. The minimum atomic E-state index is -3.07. The number of hydrogen-bond acceptors (Lipinski definition) is 4. The predicted molar refractivity (Wildman–Crippen MR) is 78.9 cm³/mol. The molecule has 0 fully saturated rings. The van der Waals surface area contributed by atoms with Crippen LogP contribution in [0, 0.1) is 17.0 Å². The Bertz CT molecular complexity index is 750. The molecule has 120 valence electrons. The van der Waals surface area contributed by atoms with E-state index in [4.69, 9.17) is 0 Å². The first-order valence-corrected chi connectivity index (χ1v) is 6.49. The fourth-order valence-electron chi connectivity index (χ4n) is 2.00. The van der Waals surface area contributed by atoms with Crippen molar-refractivity contribution in [2.75, 3.05) is 5.32 Å². The zero-order valence-corrected chi connectivity index (χ0v) is 12.0. The molecule has 23 heavy (non-hydrogen) atoms. The zero-order chi connectivity index (χ0) is 17.0. The molecule has 0 aromatic heterocycles. The van der Waals surface area contributed by atoms with Crippen LogP contribution in [0.5, 0.6) is 5.75 Å². The Morgan fingerprint density at radius 2 is 1.91 bits per heavy atom. The summed E-state index contributed by atoms with van der Waals surface area (Å²) in [5, 5.41) is 13.4. The number of amides is 1. The zero-order valence-electron chi connectivity index (χ0n) is 12.0. The van der Waals surface area contributed by atoms with Crippen molar-refractivity contribution in [3.05, 3.63) is 63.7 Å². The average Bonchev–Trinajstić information content (AvgIpc) is 2.49. The van der Waals surface area contributed by atoms with Gasteiger partial charge in [-0.05, 0) is 25.1 Å². The number of halogens is 2. The Balaban J connectivity index is 2.30. The Hall–Kier alpha value is -3.03. The molecule has 1 N–H and O–H groups in total. The smallest absolute Gasteiger partial charge is 0.387 e. The summed E-state index contributed by atoms with van der Waals surface area (Å²) in [6.07, 6.45) is 0. The molecular weight excluding hydrogens is 310 g/mol. The van der Waals surface area contributed by atoms with Crippen molar-refractivity contribution < 1.29 is 23.2 Å². The van der Waals surface area contributed by atoms with Gasteiger partial charge in [0.25, 0.3) is 11.6 Å². The third-order valence-electron chi connectivity index (χ3n) is 3.10. The van der Waals surface area contributed by atoms with E-state index in [1.54, 1.807) is 0 Å². The van der Waals surface area contributed by atoms with Crippen LogP contribution in [0.2, 0.25) is 0 Å². The van der Waals surface area contributed by atoms with Gasteiger partial charge >= 0.3 is 6.61 Å². The van der Waals surface area contributed by atoms with Crippen LogP contribution in [-0.4, -0.2) is 17.4 Å². The lowest BCUT2D eigenvalue weighted by Crippen LogP contribution is -2.15. The molecule has 0 radical (unpaired) electrons. The SMILES string of the molecule is Cc1c(NC(=O)c2ccccc2OC(F)F)cccc1[N+](=O)[O-]. The highest BCUT2D eigenvalue weighted by Gasteiger charge is 2.18. The largest absolute Gasteiger partial charge is 0.434 e. The van der Waals surface area contributed by atoms with E-state index in [1.807, 2.05) is 0 Å². The van der Waals surface area contributed by atoms with Gasteiger partial charge in [0.05, 0.1) is 21.7 Å². The van der Waals surface area contributed by atoms with Gasteiger partial charge in [-0.15, -0.1) is 0 Å². The first-order valence-electron chi connectivity index (χ1n) is 6.49. The summed E-state index contributed by atoms with van der Waals surface area (Å²) in [5.41, 5.74) is 0.229. The van der Waals surface area contributed by atoms with Gasteiger partial charge in [0, 0.05) is 6.07 Å². The minimum Gasteiger partial charge on any atom is -0.434 e. The maximum atomic E-state index is 12.4. The average molecular weight is 322 g/mol. The second kappa shape index (κ2) is 6.82. The Morgan fingerprint density at radius 1 is 1.22 bits per heavy atom. The van der Waals surface area contributed by atoms with Gasteiger partial charge in [-0.3, -0.25) is 14.9 Å². The fraction of sp³-hybridized carbons (Fsp3) is 0.133. The predicted octanol–water partition coefficient (Wildman–Crippen LogP) is 3.76. The summed E-state index contributed by atoms with van der Waals surface area (Å²) in [6.45, 7) is -1.58. The number of nitro groups is 1. The standard InChI is InChI=1S/C15H12F2N2O4/c1-9-11(6-4-7-12(9)19(21)22)18-14(20)10-5-2-3-8-13(10)23-15(16)17/h2-8,15H,1H3,(H,18,20). The number of anilines is 1. The van der Waals surface area contributed by atoms with Crippen LogP contribution in [0.25, 0.3) is 0 Å². The molecule has 0 bridgehead atoms. The second-order valence-electron chi connectivity index (χ2n) is 4.54. The molecule has 6 nitrogen and oxygen atoms in total. The normalized spacial score (nSPS) is 10.4. The molecule has 8 heteroatoms. The molecule has 1 amide bonds. The van der Waals surface area contributed by atoms with E-state index in [9.17, 15) is 23.7 Å². The molecule has 2 aromatic carbocycles. The first-order chi connectivity index (χ1) is 10.9. The molecule has 0 spiro atoms. The summed E-state index contributed by atoms with van der Waals surface area (Å²) in [5.74, 6) is -0.979. The lowest BCUT2D eigenvalue weighted by Gasteiger charge is -2.12. The van der Waals surface area contributed by atoms with Crippen LogP contribution in [-0.2, 0) is 0 Å². The van der Waals surface area contributed by atoms with E-state index in [1.165, 1.54) is 49.4 Å². The molecular formula is C15H12F2N2O4. The summed E-state index contributed by atoms with van der Waals surface area (Å²) in [4.78, 5) is 22.6. The molecule has 0 heterocycles. The number of nitrogens with one attached hydrogen (secondary N) is 1. The number of alkyl halides is 2. The van der Waals surface area contributed by atoms with Crippen molar-refractivity contribution in [1.29, 1.82) is 0 Å². The van der Waals surface area contributed by atoms with Crippen LogP contribution in [0.3, 0.4) is 0 Å². The monoisotopic (exact) mass is 322 g/mol.